The zero-order valence-electron chi connectivity index (χ0n) is 13.0. The van der Waals surface area contributed by atoms with E-state index in [-0.39, 0.29) is 23.7 Å². The van der Waals surface area contributed by atoms with E-state index in [9.17, 15) is 9.59 Å². The lowest BCUT2D eigenvalue weighted by Gasteiger charge is -2.20. The van der Waals surface area contributed by atoms with E-state index in [4.69, 9.17) is 0 Å². The SMILES string of the molecule is O=C(/C=C/c1cccs1)N1C[C@H]2CN(c3cccnc3)C(=O)[C@H]2C1. The van der Waals surface area contributed by atoms with Gasteiger partial charge in [-0.3, -0.25) is 14.6 Å². The van der Waals surface area contributed by atoms with Gasteiger partial charge in [-0.25, -0.2) is 0 Å². The Bertz CT molecular complexity index is 773. The van der Waals surface area contributed by atoms with Gasteiger partial charge in [0.1, 0.15) is 0 Å². The van der Waals surface area contributed by atoms with Gasteiger partial charge < -0.3 is 9.80 Å². The van der Waals surface area contributed by atoms with Crippen molar-refractivity contribution in [2.24, 2.45) is 11.8 Å². The summed E-state index contributed by atoms with van der Waals surface area (Å²) >= 11 is 1.60. The number of likely N-dealkylation sites (tertiary alicyclic amines) is 1. The zero-order valence-corrected chi connectivity index (χ0v) is 13.9. The van der Waals surface area contributed by atoms with Gasteiger partial charge in [0, 0.05) is 42.7 Å². The van der Waals surface area contributed by atoms with Crippen LogP contribution in [0.4, 0.5) is 5.69 Å². The summed E-state index contributed by atoms with van der Waals surface area (Å²) in [6.07, 6.45) is 6.86. The highest BCUT2D eigenvalue weighted by Crippen LogP contribution is 2.34. The second-order valence-electron chi connectivity index (χ2n) is 6.12. The van der Waals surface area contributed by atoms with Crippen molar-refractivity contribution in [3.63, 3.8) is 0 Å². The number of carbonyl (C=O) groups excluding carboxylic acids is 2. The molecule has 24 heavy (non-hydrogen) atoms. The highest BCUT2D eigenvalue weighted by atomic mass is 32.1. The number of hydrogen-bond donors (Lipinski definition) is 0. The molecule has 0 bridgehead atoms. The Morgan fingerprint density at radius 3 is 2.88 bits per heavy atom. The number of thiophene rings is 1. The molecule has 0 radical (unpaired) electrons. The number of rotatable bonds is 3. The fourth-order valence-corrected chi connectivity index (χ4v) is 4.05. The second kappa shape index (κ2) is 6.20. The maximum absolute atomic E-state index is 12.6. The van der Waals surface area contributed by atoms with Crippen molar-refractivity contribution in [2.75, 3.05) is 24.5 Å². The van der Waals surface area contributed by atoms with E-state index in [0.29, 0.717) is 19.6 Å². The lowest BCUT2D eigenvalue weighted by Crippen LogP contribution is -2.35. The van der Waals surface area contributed by atoms with E-state index in [1.165, 1.54) is 0 Å². The topological polar surface area (TPSA) is 53.5 Å². The van der Waals surface area contributed by atoms with Crippen molar-refractivity contribution in [3.8, 4) is 0 Å². The maximum atomic E-state index is 12.6. The predicted molar refractivity (Wildman–Crippen MR) is 93.5 cm³/mol. The minimum absolute atomic E-state index is 0.0153. The van der Waals surface area contributed by atoms with Crippen LogP contribution in [0.2, 0.25) is 0 Å². The van der Waals surface area contributed by atoms with Gasteiger partial charge in [0.2, 0.25) is 11.8 Å². The number of nitrogens with zero attached hydrogens (tertiary/aromatic N) is 3. The molecule has 2 fully saturated rings. The van der Waals surface area contributed by atoms with Crippen LogP contribution in [0.1, 0.15) is 4.88 Å². The summed E-state index contributed by atoms with van der Waals surface area (Å²) < 4.78 is 0. The maximum Gasteiger partial charge on any atom is 0.246 e. The number of carbonyl (C=O) groups is 2. The molecule has 2 atom stereocenters. The molecule has 0 spiro atoms. The molecule has 0 saturated carbocycles. The minimum atomic E-state index is -0.0932. The molecule has 2 aromatic rings. The van der Waals surface area contributed by atoms with Gasteiger partial charge in [0.25, 0.3) is 0 Å². The van der Waals surface area contributed by atoms with Crippen molar-refractivity contribution in [3.05, 3.63) is 53.0 Å². The molecule has 2 aromatic heterocycles. The Labute approximate surface area is 144 Å². The van der Waals surface area contributed by atoms with Crippen molar-refractivity contribution >= 4 is 34.9 Å². The molecule has 122 valence electrons. The number of hydrogen-bond acceptors (Lipinski definition) is 4. The third kappa shape index (κ3) is 2.73. The molecular weight excluding hydrogens is 322 g/mol. The predicted octanol–water partition coefficient (Wildman–Crippen LogP) is 2.28. The Kier molecular flexibility index (Phi) is 3.90. The van der Waals surface area contributed by atoms with Crippen LogP contribution >= 0.6 is 11.3 Å². The van der Waals surface area contributed by atoms with Crippen LogP contribution in [-0.2, 0) is 9.59 Å². The first-order valence-corrected chi connectivity index (χ1v) is 8.82. The lowest BCUT2D eigenvalue weighted by molar-refractivity contribution is -0.125. The summed E-state index contributed by atoms with van der Waals surface area (Å²) in [6.45, 7) is 1.81. The summed E-state index contributed by atoms with van der Waals surface area (Å²) in [6, 6.07) is 7.67. The van der Waals surface area contributed by atoms with E-state index in [1.807, 2.05) is 35.7 Å². The highest BCUT2D eigenvalue weighted by Gasteiger charge is 2.47. The summed E-state index contributed by atoms with van der Waals surface area (Å²) in [4.78, 5) is 33.7. The number of aromatic nitrogens is 1. The monoisotopic (exact) mass is 339 g/mol. The summed E-state index contributed by atoms with van der Waals surface area (Å²) in [5, 5.41) is 1.98. The Morgan fingerprint density at radius 2 is 2.17 bits per heavy atom. The van der Waals surface area contributed by atoms with Crippen LogP contribution in [0.3, 0.4) is 0 Å². The molecule has 2 amide bonds. The van der Waals surface area contributed by atoms with E-state index in [1.54, 1.807) is 39.6 Å². The smallest absolute Gasteiger partial charge is 0.246 e. The Morgan fingerprint density at radius 1 is 1.25 bits per heavy atom. The molecule has 5 nitrogen and oxygen atoms in total. The van der Waals surface area contributed by atoms with Crippen LogP contribution in [0, 0.1) is 11.8 Å². The van der Waals surface area contributed by atoms with Crippen LogP contribution in [-0.4, -0.2) is 41.3 Å². The van der Waals surface area contributed by atoms with Crippen LogP contribution in [0.5, 0.6) is 0 Å². The molecule has 0 aromatic carbocycles. The first-order valence-electron chi connectivity index (χ1n) is 7.94. The van der Waals surface area contributed by atoms with E-state index in [2.05, 4.69) is 4.98 Å². The van der Waals surface area contributed by atoms with Gasteiger partial charge in [0.05, 0.1) is 17.8 Å². The standard InChI is InChI=1S/C18H17N3O2S/c22-17(6-5-15-4-2-8-24-15)20-10-13-11-21(18(23)16(13)12-20)14-3-1-7-19-9-14/h1-9,13,16H,10-12H2/b6-5+/t13-,16-/m0/s1. The van der Waals surface area contributed by atoms with E-state index >= 15 is 0 Å². The normalized spacial score (nSPS) is 23.2. The van der Waals surface area contributed by atoms with Gasteiger partial charge in [-0.05, 0) is 29.7 Å². The molecule has 2 saturated heterocycles. The molecule has 4 heterocycles. The fraction of sp³-hybridized carbons (Fsp3) is 0.278. The van der Waals surface area contributed by atoms with E-state index in [0.717, 1.165) is 10.6 Å². The molecule has 4 rings (SSSR count). The van der Waals surface area contributed by atoms with Crippen molar-refractivity contribution in [1.82, 2.24) is 9.88 Å². The largest absolute Gasteiger partial charge is 0.338 e. The van der Waals surface area contributed by atoms with Crippen molar-refractivity contribution in [1.29, 1.82) is 0 Å². The average molecular weight is 339 g/mol. The average Bonchev–Trinajstić information content (AvgIpc) is 3.32. The van der Waals surface area contributed by atoms with Crippen LogP contribution in [0.15, 0.2) is 48.1 Å². The molecule has 2 aliphatic rings. The number of anilines is 1. The van der Waals surface area contributed by atoms with Crippen molar-refractivity contribution in [2.45, 2.75) is 0 Å². The highest BCUT2D eigenvalue weighted by molar-refractivity contribution is 7.10. The number of amides is 2. The zero-order chi connectivity index (χ0) is 16.5. The molecule has 0 aliphatic carbocycles. The number of fused-ring (bicyclic) bond motifs is 1. The number of pyridine rings is 1. The first-order chi connectivity index (χ1) is 11.7. The second-order valence-corrected chi connectivity index (χ2v) is 7.10. The molecular formula is C18H17N3O2S. The fourth-order valence-electron chi connectivity index (χ4n) is 3.43. The summed E-state index contributed by atoms with van der Waals surface area (Å²) in [5.41, 5.74) is 0.840. The third-order valence-electron chi connectivity index (χ3n) is 4.64. The Hall–Kier alpha value is -2.47. The van der Waals surface area contributed by atoms with Gasteiger partial charge >= 0.3 is 0 Å². The van der Waals surface area contributed by atoms with Gasteiger partial charge in [-0.15, -0.1) is 11.3 Å². The first kappa shape index (κ1) is 15.1. The van der Waals surface area contributed by atoms with Crippen molar-refractivity contribution < 1.29 is 9.59 Å². The van der Waals surface area contributed by atoms with Crippen LogP contribution in [0.25, 0.3) is 6.08 Å². The van der Waals surface area contributed by atoms with E-state index < -0.39 is 0 Å². The molecule has 2 aliphatic heterocycles. The summed E-state index contributed by atoms with van der Waals surface area (Å²) in [5.74, 6) is 0.199. The summed E-state index contributed by atoms with van der Waals surface area (Å²) in [7, 11) is 0. The lowest BCUT2D eigenvalue weighted by atomic mass is 10.0. The third-order valence-corrected chi connectivity index (χ3v) is 5.48. The van der Waals surface area contributed by atoms with Gasteiger partial charge in [-0.2, -0.15) is 0 Å². The molecule has 0 N–H and O–H groups in total. The minimum Gasteiger partial charge on any atom is -0.338 e. The molecule has 0 unspecified atom stereocenters. The Balaban J connectivity index is 1.42. The quantitative estimate of drug-likeness (QED) is 0.806. The van der Waals surface area contributed by atoms with Gasteiger partial charge in [-0.1, -0.05) is 6.07 Å². The van der Waals surface area contributed by atoms with Crippen LogP contribution < -0.4 is 4.90 Å². The van der Waals surface area contributed by atoms with Gasteiger partial charge in [0.15, 0.2) is 0 Å². The molecule has 6 heteroatoms.